The van der Waals surface area contributed by atoms with Crippen LogP contribution in [0.3, 0.4) is 0 Å². The number of hydrogen-bond acceptors (Lipinski definition) is 5. The smallest absolute Gasteiger partial charge is 0.0874 e. The Hall–Kier alpha value is -0.980. The molecule has 0 atom stereocenters. The largest absolute Gasteiger partial charge is 0.385 e. The summed E-state index contributed by atoms with van der Waals surface area (Å²) in [6, 6.07) is 0. The zero-order valence-corrected chi connectivity index (χ0v) is 12.4. The van der Waals surface area contributed by atoms with E-state index in [1.807, 2.05) is 0 Å². The van der Waals surface area contributed by atoms with Gasteiger partial charge in [0.15, 0.2) is 0 Å². The van der Waals surface area contributed by atoms with Crippen molar-refractivity contribution in [2.75, 3.05) is 33.5 Å². The minimum Gasteiger partial charge on any atom is -0.385 e. The molecule has 0 aliphatic carbocycles. The summed E-state index contributed by atoms with van der Waals surface area (Å²) in [5.41, 5.74) is 8.05. The number of nitrogens with zero attached hydrogens (tertiary/aromatic N) is 3. The summed E-state index contributed by atoms with van der Waals surface area (Å²) in [6.45, 7) is 4.01. The van der Waals surface area contributed by atoms with Crippen LogP contribution in [0.15, 0.2) is 0 Å². The third-order valence-corrected chi connectivity index (χ3v) is 3.80. The van der Waals surface area contributed by atoms with Crippen LogP contribution >= 0.6 is 0 Å². The molecule has 0 radical (unpaired) electrons. The van der Waals surface area contributed by atoms with Gasteiger partial charge in [-0.25, -0.2) is 4.68 Å². The SMILES string of the molecule is COCCCCn1nnc(CCN)c1C1CCOCC1. The first-order chi connectivity index (χ1) is 9.86. The van der Waals surface area contributed by atoms with Crippen LogP contribution in [-0.2, 0) is 22.4 Å². The second kappa shape index (κ2) is 8.34. The number of unbranched alkanes of at least 4 members (excludes halogenated alkanes) is 1. The van der Waals surface area contributed by atoms with Crippen LogP contribution < -0.4 is 5.73 Å². The molecule has 0 amide bonds. The predicted octanol–water partition coefficient (Wildman–Crippen LogP) is 1.10. The molecule has 2 N–H and O–H groups in total. The van der Waals surface area contributed by atoms with Gasteiger partial charge in [0.05, 0.1) is 11.4 Å². The molecule has 2 rings (SSSR count). The summed E-state index contributed by atoms with van der Waals surface area (Å²) in [6.07, 6.45) is 5.04. The van der Waals surface area contributed by atoms with Crippen LogP contribution in [0.4, 0.5) is 0 Å². The van der Waals surface area contributed by atoms with Crippen molar-refractivity contribution in [3.05, 3.63) is 11.4 Å². The van der Waals surface area contributed by atoms with Gasteiger partial charge in [0.25, 0.3) is 0 Å². The fourth-order valence-electron chi connectivity index (χ4n) is 2.76. The molecular weight excluding hydrogens is 256 g/mol. The van der Waals surface area contributed by atoms with Crippen LogP contribution in [0.1, 0.15) is 43.0 Å². The summed E-state index contributed by atoms with van der Waals surface area (Å²) in [5, 5.41) is 8.68. The Balaban J connectivity index is 2.05. The van der Waals surface area contributed by atoms with Gasteiger partial charge in [0, 0.05) is 45.8 Å². The lowest BCUT2D eigenvalue weighted by Gasteiger charge is -2.23. The van der Waals surface area contributed by atoms with Crippen molar-refractivity contribution in [3.63, 3.8) is 0 Å². The maximum absolute atomic E-state index is 5.69. The number of aromatic nitrogens is 3. The van der Waals surface area contributed by atoms with E-state index in [2.05, 4.69) is 15.0 Å². The van der Waals surface area contributed by atoms with Crippen molar-refractivity contribution < 1.29 is 9.47 Å². The molecule has 0 spiro atoms. The number of hydrogen-bond donors (Lipinski definition) is 1. The van der Waals surface area contributed by atoms with Crippen LogP contribution in [0, 0.1) is 0 Å². The van der Waals surface area contributed by atoms with Crippen molar-refractivity contribution in [1.29, 1.82) is 0 Å². The maximum Gasteiger partial charge on any atom is 0.0874 e. The molecule has 1 aliphatic heterocycles. The van der Waals surface area contributed by atoms with E-state index in [4.69, 9.17) is 15.2 Å². The molecule has 0 aromatic carbocycles. The monoisotopic (exact) mass is 282 g/mol. The first-order valence-corrected chi connectivity index (χ1v) is 7.55. The Morgan fingerprint density at radius 1 is 1.35 bits per heavy atom. The minimum absolute atomic E-state index is 0.516. The van der Waals surface area contributed by atoms with E-state index in [0.717, 1.165) is 64.2 Å². The molecule has 1 aromatic heterocycles. The summed E-state index contributed by atoms with van der Waals surface area (Å²) in [7, 11) is 1.74. The van der Waals surface area contributed by atoms with Gasteiger partial charge in [0.1, 0.15) is 0 Å². The van der Waals surface area contributed by atoms with Crippen LogP contribution in [0.5, 0.6) is 0 Å². The Kier molecular flexibility index (Phi) is 6.42. The highest BCUT2D eigenvalue weighted by atomic mass is 16.5. The Labute approximate surface area is 120 Å². The zero-order valence-electron chi connectivity index (χ0n) is 12.4. The molecular formula is C14H26N4O2. The summed E-state index contributed by atoms with van der Waals surface area (Å²) >= 11 is 0. The van der Waals surface area contributed by atoms with Gasteiger partial charge in [-0.2, -0.15) is 0 Å². The summed E-state index contributed by atoms with van der Waals surface area (Å²) in [5.74, 6) is 0.516. The molecule has 114 valence electrons. The van der Waals surface area contributed by atoms with Gasteiger partial charge < -0.3 is 15.2 Å². The van der Waals surface area contributed by atoms with Gasteiger partial charge in [0.2, 0.25) is 0 Å². The van der Waals surface area contributed by atoms with E-state index in [-0.39, 0.29) is 0 Å². The van der Waals surface area contributed by atoms with Gasteiger partial charge in [-0.15, -0.1) is 5.10 Å². The molecule has 1 aromatic rings. The average molecular weight is 282 g/mol. The van der Waals surface area contributed by atoms with E-state index in [1.165, 1.54) is 5.69 Å². The van der Waals surface area contributed by atoms with E-state index in [0.29, 0.717) is 12.5 Å². The maximum atomic E-state index is 5.69. The molecule has 2 heterocycles. The summed E-state index contributed by atoms with van der Waals surface area (Å²) < 4.78 is 12.6. The highest BCUT2D eigenvalue weighted by molar-refractivity contribution is 5.17. The van der Waals surface area contributed by atoms with Gasteiger partial charge in [-0.3, -0.25) is 0 Å². The number of rotatable bonds is 8. The van der Waals surface area contributed by atoms with Gasteiger partial charge in [-0.1, -0.05) is 5.21 Å². The fourth-order valence-corrected chi connectivity index (χ4v) is 2.76. The number of aryl methyl sites for hydroxylation is 1. The van der Waals surface area contributed by atoms with Crippen LogP contribution in [0.25, 0.3) is 0 Å². The Morgan fingerprint density at radius 3 is 2.85 bits per heavy atom. The fraction of sp³-hybridized carbons (Fsp3) is 0.857. The molecule has 1 aliphatic rings. The van der Waals surface area contributed by atoms with Crippen molar-refractivity contribution in [1.82, 2.24) is 15.0 Å². The molecule has 1 fully saturated rings. The molecule has 0 bridgehead atoms. The molecule has 6 nitrogen and oxygen atoms in total. The standard InChI is InChI=1S/C14H26N4O2/c1-19-9-3-2-8-18-14(12-5-10-20-11-6-12)13(4-7-15)16-17-18/h12H,2-11,15H2,1H3. The molecule has 0 saturated carbocycles. The van der Waals surface area contributed by atoms with E-state index in [1.54, 1.807) is 7.11 Å². The first kappa shape index (κ1) is 15.4. The lowest BCUT2D eigenvalue weighted by atomic mass is 9.94. The van der Waals surface area contributed by atoms with E-state index in [9.17, 15) is 0 Å². The van der Waals surface area contributed by atoms with Gasteiger partial charge in [-0.05, 0) is 32.2 Å². The number of ether oxygens (including phenoxy) is 2. The highest BCUT2D eigenvalue weighted by Gasteiger charge is 2.24. The first-order valence-electron chi connectivity index (χ1n) is 7.55. The molecule has 6 heteroatoms. The molecule has 1 saturated heterocycles. The molecule has 0 unspecified atom stereocenters. The van der Waals surface area contributed by atoms with E-state index >= 15 is 0 Å². The quantitative estimate of drug-likeness (QED) is 0.723. The lowest BCUT2D eigenvalue weighted by Crippen LogP contribution is -2.20. The van der Waals surface area contributed by atoms with Crippen molar-refractivity contribution in [2.45, 2.75) is 44.6 Å². The third-order valence-electron chi connectivity index (χ3n) is 3.80. The minimum atomic E-state index is 0.516. The molecule has 20 heavy (non-hydrogen) atoms. The Morgan fingerprint density at radius 2 is 2.15 bits per heavy atom. The van der Waals surface area contributed by atoms with Gasteiger partial charge >= 0.3 is 0 Å². The normalized spacial score (nSPS) is 16.7. The zero-order chi connectivity index (χ0) is 14.2. The predicted molar refractivity (Wildman–Crippen MR) is 76.7 cm³/mol. The van der Waals surface area contributed by atoms with Crippen LogP contribution in [0.2, 0.25) is 0 Å². The summed E-state index contributed by atoms with van der Waals surface area (Å²) in [4.78, 5) is 0. The van der Waals surface area contributed by atoms with Crippen molar-refractivity contribution in [3.8, 4) is 0 Å². The third kappa shape index (κ3) is 4.01. The van der Waals surface area contributed by atoms with Crippen molar-refractivity contribution >= 4 is 0 Å². The Bertz CT molecular complexity index is 389. The highest BCUT2D eigenvalue weighted by Crippen LogP contribution is 2.29. The number of nitrogens with two attached hydrogens (primary N) is 1. The number of methoxy groups -OCH3 is 1. The average Bonchev–Trinajstić information content (AvgIpc) is 2.88. The van der Waals surface area contributed by atoms with Crippen molar-refractivity contribution in [2.24, 2.45) is 5.73 Å². The second-order valence-corrected chi connectivity index (χ2v) is 5.27. The topological polar surface area (TPSA) is 75.2 Å². The van der Waals surface area contributed by atoms with E-state index < -0.39 is 0 Å². The van der Waals surface area contributed by atoms with Crippen LogP contribution in [-0.4, -0.2) is 48.5 Å². The second-order valence-electron chi connectivity index (χ2n) is 5.27. The lowest BCUT2D eigenvalue weighted by molar-refractivity contribution is 0.0832.